The van der Waals surface area contributed by atoms with Gasteiger partial charge in [0.05, 0.1) is 18.0 Å². The zero-order valence-corrected chi connectivity index (χ0v) is 13.6. The highest BCUT2D eigenvalue weighted by atomic mass is 32.2. The van der Waals surface area contributed by atoms with Gasteiger partial charge >= 0.3 is 10.0 Å². The molecule has 0 unspecified atom stereocenters. The molecule has 122 valence electrons. The van der Waals surface area contributed by atoms with Gasteiger partial charge < -0.3 is 10.5 Å². The van der Waals surface area contributed by atoms with Gasteiger partial charge in [-0.05, 0) is 37.8 Å². The van der Waals surface area contributed by atoms with E-state index < -0.39 is 10.0 Å². The van der Waals surface area contributed by atoms with Crippen LogP contribution in [0.1, 0.15) is 25.7 Å². The van der Waals surface area contributed by atoms with Crippen molar-refractivity contribution in [3.05, 3.63) is 24.0 Å². The van der Waals surface area contributed by atoms with Gasteiger partial charge in [-0.15, -0.1) is 3.98 Å². The predicted molar refractivity (Wildman–Crippen MR) is 84.3 cm³/mol. The maximum atomic E-state index is 13.2. The van der Waals surface area contributed by atoms with E-state index in [1.807, 2.05) is 0 Å². The number of nitrogens with two attached hydrogens (primary N) is 1. The Bertz CT molecular complexity index is 665. The third-order valence-corrected chi connectivity index (χ3v) is 5.10. The van der Waals surface area contributed by atoms with Crippen molar-refractivity contribution < 1.29 is 21.5 Å². The maximum absolute atomic E-state index is 13.2. The van der Waals surface area contributed by atoms with Gasteiger partial charge in [0, 0.05) is 12.0 Å². The largest absolute Gasteiger partial charge is 0.488 e. The molecule has 22 heavy (non-hydrogen) atoms. The second-order valence-electron chi connectivity index (χ2n) is 5.77. The number of halogens is 1. The summed E-state index contributed by atoms with van der Waals surface area (Å²) in [6.07, 6.45) is 6.16. The number of nitrogens with zero attached hydrogens (tertiary/aromatic N) is 1. The van der Waals surface area contributed by atoms with Crippen LogP contribution in [0.25, 0.3) is 0 Å². The average Bonchev–Trinajstić information content (AvgIpc) is 2.44. The number of hydrogen-bond acceptors (Lipinski definition) is 4. The minimum atomic E-state index is -3.19. The summed E-state index contributed by atoms with van der Waals surface area (Å²) in [7, 11) is -1.64. The van der Waals surface area contributed by atoms with Crippen molar-refractivity contribution in [2.45, 2.75) is 31.8 Å². The number of ether oxygens (including phenoxy) is 1. The summed E-state index contributed by atoms with van der Waals surface area (Å²) in [6, 6.07) is 4.09. The van der Waals surface area contributed by atoms with Gasteiger partial charge in [0.1, 0.15) is 11.6 Å². The zero-order chi connectivity index (χ0) is 16.3. The summed E-state index contributed by atoms with van der Waals surface area (Å²) in [6.45, 7) is 0. The summed E-state index contributed by atoms with van der Waals surface area (Å²) >= 11 is 0. The molecule has 0 aromatic heterocycles. The van der Waals surface area contributed by atoms with E-state index in [0.29, 0.717) is 11.4 Å². The lowest BCUT2D eigenvalue weighted by Gasteiger charge is -2.26. The van der Waals surface area contributed by atoms with Crippen molar-refractivity contribution in [1.29, 1.82) is 0 Å². The van der Waals surface area contributed by atoms with Crippen LogP contribution in [0.4, 0.5) is 10.1 Å². The number of benzene rings is 1. The summed E-state index contributed by atoms with van der Waals surface area (Å²) < 4.78 is 43.1. The third kappa shape index (κ3) is 4.43. The fourth-order valence-corrected chi connectivity index (χ4v) is 2.95. The second-order valence-corrected chi connectivity index (χ2v) is 7.81. The molecule has 0 bridgehead atoms. The first kappa shape index (κ1) is 16.7. The van der Waals surface area contributed by atoms with E-state index in [4.69, 9.17) is 10.5 Å². The van der Waals surface area contributed by atoms with Crippen LogP contribution >= 0.6 is 0 Å². The second kappa shape index (κ2) is 6.64. The molecular formula is C15H22FN2O3S+. The summed E-state index contributed by atoms with van der Waals surface area (Å²) in [5, 5.41) is 0. The molecule has 0 spiro atoms. The van der Waals surface area contributed by atoms with Crippen LogP contribution in [-0.4, -0.2) is 38.0 Å². The Hall–Kier alpha value is -1.63. The number of sulfonamides is 1. The molecule has 0 amide bonds. The van der Waals surface area contributed by atoms with Crippen molar-refractivity contribution >= 4 is 21.9 Å². The Morgan fingerprint density at radius 2 is 1.95 bits per heavy atom. The van der Waals surface area contributed by atoms with Gasteiger partial charge in [0.2, 0.25) is 0 Å². The lowest BCUT2D eigenvalue weighted by molar-refractivity contribution is -0.323. The summed E-state index contributed by atoms with van der Waals surface area (Å²) in [5.74, 6) is 0.214. The van der Waals surface area contributed by atoms with Crippen LogP contribution < -0.4 is 10.5 Å². The highest BCUT2D eigenvalue weighted by Gasteiger charge is 2.25. The molecule has 1 saturated carbocycles. The molecule has 5 nitrogen and oxygen atoms in total. The van der Waals surface area contributed by atoms with Crippen LogP contribution in [0.2, 0.25) is 0 Å². The quantitative estimate of drug-likeness (QED) is 0.521. The van der Waals surface area contributed by atoms with Gasteiger partial charge in [0.15, 0.2) is 13.3 Å². The Morgan fingerprint density at radius 1 is 1.32 bits per heavy atom. The molecule has 1 aromatic rings. The number of nitrogen functional groups attached to an aromatic ring is 1. The molecule has 2 N–H and O–H groups in total. The molecule has 1 fully saturated rings. The summed E-state index contributed by atoms with van der Waals surface area (Å²) in [5.41, 5.74) is 6.20. The van der Waals surface area contributed by atoms with E-state index >= 15 is 0 Å². The van der Waals surface area contributed by atoms with Crippen LogP contribution in [0.15, 0.2) is 18.2 Å². The highest BCUT2D eigenvalue weighted by molar-refractivity contribution is 7.84. The van der Waals surface area contributed by atoms with Crippen LogP contribution in [0.5, 0.6) is 5.75 Å². The molecule has 1 aromatic carbocycles. The Balaban J connectivity index is 1.94. The highest BCUT2D eigenvalue weighted by Crippen LogP contribution is 2.30. The van der Waals surface area contributed by atoms with E-state index in [1.54, 1.807) is 13.3 Å². The summed E-state index contributed by atoms with van der Waals surface area (Å²) in [4.78, 5) is 0. The van der Waals surface area contributed by atoms with Crippen LogP contribution in [0.3, 0.4) is 0 Å². The fraction of sp³-hybridized carbons (Fsp3) is 0.533. The minimum absolute atomic E-state index is 0.0164. The van der Waals surface area contributed by atoms with E-state index in [2.05, 4.69) is 0 Å². The molecule has 0 aliphatic heterocycles. The predicted octanol–water partition coefficient (Wildman–Crippen LogP) is 2.02. The average molecular weight is 329 g/mol. The molecular weight excluding hydrogens is 307 g/mol. The SMILES string of the molecule is C[N+](=CC1CCC(Oc2cc(F)ccc2N)CC1)S(C)(=O)=O. The normalized spacial score (nSPS) is 23.3. The van der Waals surface area contributed by atoms with E-state index in [1.165, 1.54) is 28.4 Å². The van der Waals surface area contributed by atoms with Gasteiger partial charge in [-0.1, -0.05) is 0 Å². The smallest absolute Gasteiger partial charge is 0.361 e. The lowest BCUT2D eigenvalue weighted by Crippen LogP contribution is -2.28. The topological polar surface area (TPSA) is 72.4 Å². The first-order valence-corrected chi connectivity index (χ1v) is 9.10. The Labute approximate surface area is 130 Å². The van der Waals surface area contributed by atoms with E-state index in [-0.39, 0.29) is 17.8 Å². The molecule has 2 rings (SSSR count). The maximum Gasteiger partial charge on any atom is 0.361 e. The fourth-order valence-electron chi connectivity index (χ4n) is 2.55. The molecule has 1 aliphatic rings. The molecule has 0 heterocycles. The van der Waals surface area contributed by atoms with E-state index in [0.717, 1.165) is 25.7 Å². The Morgan fingerprint density at radius 3 is 2.55 bits per heavy atom. The van der Waals surface area contributed by atoms with Crippen molar-refractivity contribution in [3.8, 4) is 5.75 Å². The molecule has 0 saturated heterocycles. The number of hydrogen-bond donors (Lipinski definition) is 1. The number of anilines is 1. The monoisotopic (exact) mass is 329 g/mol. The molecule has 7 heteroatoms. The van der Waals surface area contributed by atoms with Crippen molar-refractivity contribution in [2.24, 2.45) is 5.92 Å². The van der Waals surface area contributed by atoms with E-state index in [9.17, 15) is 12.8 Å². The molecule has 0 atom stereocenters. The third-order valence-electron chi connectivity index (χ3n) is 3.93. The first-order chi connectivity index (χ1) is 10.3. The standard InChI is InChI=1S/C15H22FN2O3S/c1-18(22(2,19)20)10-11-3-6-13(7-4-11)21-15-9-12(16)5-8-14(15)17/h5,8-11,13H,3-4,6-7,17H2,1-2H3/q+1. The van der Waals surface area contributed by atoms with Crippen LogP contribution in [0, 0.1) is 11.7 Å². The van der Waals surface area contributed by atoms with Crippen molar-refractivity contribution in [3.63, 3.8) is 0 Å². The van der Waals surface area contributed by atoms with Gasteiger partial charge in [-0.2, -0.15) is 8.42 Å². The molecule has 1 aliphatic carbocycles. The van der Waals surface area contributed by atoms with Crippen molar-refractivity contribution in [1.82, 2.24) is 0 Å². The molecule has 0 radical (unpaired) electrons. The lowest BCUT2D eigenvalue weighted by atomic mass is 9.88. The van der Waals surface area contributed by atoms with Gasteiger partial charge in [-0.3, -0.25) is 0 Å². The minimum Gasteiger partial charge on any atom is -0.488 e. The van der Waals surface area contributed by atoms with Gasteiger partial charge in [0.25, 0.3) is 0 Å². The number of rotatable bonds is 4. The first-order valence-electron chi connectivity index (χ1n) is 7.25. The van der Waals surface area contributed by atoms with Crippen LogP contribution in [-0.2, 0) is 10.0 Å². The Kier molecular flexibility index (Phi) is 5.05. The van der Waals surface area contributed by atoms with Gasteiger partial charge in [-0.25, -0.2) is 4.39 Å². The zero-order valence-electron chi connectivity index (χ0n) is 12.8. The van der Waals surface area contributed by atoms with Crippen molar-refractivity contribution in [2.75, 3.05) is 19.0 Å².